The molecule has 0 bridgehead atoms. The molecule has 6 nitrogen and oxygen atoms in total. The van der Waals surface area contributed by atoms with Gasteiger partial charge in [0.15, 0.2) is 6.79 Å². The fourth-order valence-electron chi connectivity index (χ4n) is 4.27. The highest BCUT2D eigenvalue weighted by Crippen LogP contribution is 2.53. The van der Waals surface area contributed by atoms with Gasteiger partial charge in [-0.05, 0) is 30.7 Å². The number of carbonyl (C=O) groups excluding carboxylic acids is 1. The van der Waals surface area contributed by atoms with Crippen LogP contribution in [0.1, 0.15) is 23.6 Å². The highest BCUT2D eigenvalue weighted by atomic mass is 16.7. The Morgan fingerprint density at radius 3 is 2.93 bits per heavy atom. The molecule has 3 heterocycles. The van der Waals surface area contributed by atoms with Gasteiger partial charge in [-0.1, -0.05) is 18.2 Å². The van der Waals surface area contributed by atoms with Gasteiger partial charge < -0.3 is 23.8 Å². The van der Waals surface area contributed by atoms with Gasteiger partial charge in [0.05, 0.1) is 13.2 Å². The third kappa shape index (κ3) is 2.30. The first-order chi connectivity index (χ1) is 13.3. The van der Waals surface area contributed by atoms with Crippen LogP contribution in [0.25, 0.3) is 0 Å². The predicted octanol–water partition coefficient (Wildman–Crippen LogP) is 2.61. The van der Waals surface area contributed by atoms with Crippen molar-refractivity contribution >= 4 is 11.6 Å². The first-order valence-corrected chi connectivity index (χ1v) is 9.25. The molecule has 1 unspecified atom stereocenters. The molecule has 1 amide bonds. The standard InChI is InChI=1S/C21H21NO5/c1-2-24-8-7-22-17-6-4-3-5-15(17)21(20(22)23)12-26-19-9-14-11-25-13-27-18(14)10-16(19)21/h3-6,9-10H,2,7-8,11-13H2,1H3. The van der Waals surface area contributed by atoms with Crippen LogP contribution in [0.2, 0.25) is 0 Å². The molecule has 2 aromatic rings. The number of hydrogen-bond donors (Lipinski definition) is 0. The summed E-state index contributed by atoms with van der Waals surface area (Å²) in [6, 6.07) is 11.9. The maximum Gasteiger partial charge on any atom is 0.245 e. The second kappa shape index (κ2) is 6.25. The van der Waals surface area contributed by atoms with Crippen molar-refractivity contribution in [2.45, 2.75) is 18.9 Å². The fraction of sp³-hybridized carbons (Fsp3) is 0.381. The molecule has 0 saturated heterocycles. The Labute approximate surface area is 157 Å². The van der Waals surface area contributed by atoms with Gasteiger partial charge in [-0.3, -0.25) is 4.79 Å². The summed E-state index contributed by atoms with van der Waals surface area (Å²) in [4.78, 5) is 15.5. The van der Waals surface area contributed by atoms with Crippen LogP contribution in [0.15, 0.2) is 36.4 Å². The molecule has 6 heteroatoms. The van der Waals surface area contributed by atoms with E-state index in [1.807, 2.05) is 48.2 Å². The summed E-state index contributed by atoms with van der Waals surface area (Å²) < 4.78 is 22.5. The number of ether oxygens (including phenoxy) is 4. The van der Waals surface area contributed by atoms with Gasteiger partial charge in [0.1, 0.15) is 23.5 Å². The lowest BCUT2D eigenvalue weighted by molar-refractivity contribution is -0.122. The summed E-state index contributed by atoms with van der Waals surface area (Å²) in [6.07, 6.45) is 0. The zero-order valence-electron chi connectivity index (χ0n) is 15.2. The molecule has 2 aromatic carbocycles. The molecular formula is C21H21NO5. The summed E-state index contributed by atoms with van der Waals surface area (Å²) in [5.41, 5.74) is 2.91. The van der Waals surface area contributed by atoms with E-state index in [4.69, 9.17) is 18.9 Å². The van der Waals surface area contributed by atoms with E-state index in [-0.39, 0.29) is 12.7 Å². The number of fused-ring (bicyclic) bond motifs is 5. The van der Waals surface area contributed by atoms with E-state index in [1.54, 1.807) is 0 Å². The zero-order chi connectivity index (χ0) is 18.4. The van der Waals surface area contributed by atoms with Crippen molar-refractivity contribution in [1.82, 2.24) is 0 Å². The number of nitrogens with zero attached hydrogens (tertiary/aromatic N) is 1. The smallest absolute Gasteiger partial charge is 0.245 e. The number of amides is 1. The van der Waals surface area contributed by atoms with Crippen LogP contribution in [-0.4, -0.2) is 39.1 Å². The van der Waals surface area contributed by atoms with E-state index in [1.165, 1.54) is 0 Å². The maximum atomic E-state index is 13.6. The summed E-state index contributed by atoms with van der Waals surface area (Å²) in [5.74, 6) is 1.54. The van der Waals surface area contributed by atoms with Crippen LogP contribution in [0, 0.1) is 0 Å². The van der Waals surface area contributed by atoms with Crippen molar-refractivity contribution in [3.8, 4) is 11.5 Å². The second-order valence-electron chi connectivity index (χ2n) is 6.93. The molecule has 0 aromatic heterocycles. The first-order valence-electron chi connectivity index (χ1n) is 9.25. The van der Waals surface area contributed by atoms with Crippen molar-refractivity contribution in [1.29, 1.82) is 0 Å². The van der Waals surface area contributed by atoms with Crippen molar-refractivity contribution < 1.29 is 23.7 Å². The van der Waals surface area contributed by atoms with Crippen molar-refractivity contribution in [3.63, 3.8) is 0 Å². The second-order valence-corrected chi connectivity index (χ2v) is 6.93. The lowest BCUT2D eigenvalue weighted by atomic mass is 9.77. The normalized spacial score (nSPS) is 22.3. The van der Waals surface area contributed by atoms with Crippen LogP contribution < -0.4 is 14.4 Å². The number of rotatable bonds is 4. The largest absolute Gasteiger partial charge is 0.491 e. The Bertz CT molecular complexity index is 911. The van der Waals surface area contributed by atoms with E-state index in [0.717, 1.165) is 33.9 Å². The van der Waals surface area contributed by atoms with E-state index in [0.29, 0.717) is 33.0 Å². The van der Waals surface area contributed by atoms with E-state index in [9.17, 15) is 4.79 Å². The van der Waals surface area contributed by atoms with Gasteiger partial charge in [0.25, 0.3) is 0 Å². The highest BCUT2D eigenvalue weighted by molar-refractivity contribution is 6.11. The van der Waals surface area contributed by atoms with Crippen LogP contribution in [0.3, 0.4) is 0 Å². The van der Waals surface area contributed by atoms with E-state index >= 15 is 0 Å². The Kier molecular flexibility index (Phi) is 3.84. The zero-order valence-corrected chi connectivity index (χ0v) is 15.2. The Hall–Kier alpha value is -2.57. The van der Waals surface area contributed by atoms with E-state index < -0.39 is 5.41 Å². The summed E-state index contributed by atoms with van der Waals surface area (Å²) in [7, 11) is 0. The van der Waals surface area contributed by atoms with Gasteiger partial charge in [-0.15, -0.1) is 0 Å². The van der Waals surface area contributed by atoms with Crippen molar-refractivity contribution in [2.75, 3.05) is 38.1 Å². The number of hydrogen-bond acceptors (Lipinski definition) is 5. The van der Waals surface area contributed by atoms with E-state index in [2.05, 4.69) is 0 Å². The minimum atomic E-state index is -0.825. The molecule has 0 radical (unpaired) electrons. The fourth-order valence-corrected chi connectivity index (χ4v) is 4.27. The molecule has 0 aliphatic carbocycles. The quantitative estimate of drug-likeness (QED) is 0.778. The summed E-state index contributed by atoms with van der Waals surface area (Å²) in [5, 5.41) is 0. The average molecular weight is 367 g/mol. The van der Waals surface area contributed by atoms with Crippen LogP contribution in [0.5, 0.6) is 11.5 Å². The van der Waals surface area contributed by atoms with Crippen LogP contribution >= 0.6 is 0 Å². The first kappa shape index (κ1) is 16.6. The minimum Gasteiger partial charge on any atom is -0.491 e. The van der Waals surface area contributed by atoms with Crippen LogP contribution in [0.4, 0.5) is 5.69 Å². The monoisotopic (exact) mass is 367 g/mol. The average Bonchev–Trinajstić information content (AvgIpc) is 3.19. The Morgan fingerprint density at radius 2 is 2.04 bits per heavy atom. The molecule has 27 heavy (non-hydrogen) atoms. The molecule has 0 N–H and O–H groups in total. The molecule has 5 rings (SSSR count). The molecule has 3 aliphatic heterocycles. The van der Waals surface area contributed by atoms with Gasteiger partial charge in [0.2, 0.25) is 5.91 Å². The molecule has 1 atom stereocenters. The lowest BCUT2D eigenvalue weighted by Crippen LogP contribution is -2.43. The summed E-state index contributed by atoms with van der Waals surface area (Å²) in [6.45, 7) is 4.63. The van der Waals surface area contributed by atoms with Gasteiger partial charge in [-0.25, -0.2) is 0 Å². The molecule has 0 fully saturated rings. The summed E-state index contributed by atoms with van der Waals surface area (Å²) >= 11 is 0. The maximum absolute atomic E-state index is 13.6. The third-order valence-corrected chi connectivity index (χ3v) is 5.55. The van der Waals surface area contributed by atoms with Gasteiger partial charge >= 0.3 is 0 Å². The number of para-hydroxylation sites is 1. The number of carbonyl (C=O) groups is 1. The van der Waals surface area contributed by atoms with Crippen molar-refractivity contribution in [2.24, 2.45) is 0 Å². The Balaban J connectivity index is 1.62. The van der Waals surface area contributed by atoms with Crippen LogP contribution in [-0.2, 0) is 26.3 Å². The Morgan fingerprint density at radius 1 is 1.15 bits per heavy atom. The van der Waals surface area contributed by atoms with Crippen molar-refractivity contribution in [3.05, 3.63) is 53.1 Å². The minimum absolute atomic E-state index is 0.0363. The molecule has 3 aliphatic rings. The highest BCUT2D eigenvalue weighted by Gasteiger charge is 2.57. The van der Waals surface area contributed by atoms with Gasteiger partial charge in [-0.2, -0.15) is 0 Å². The topological polar surface area (TPSA) is 57.2 Å². The van der Waals surface area contributed by atoms with Gasteiger partial charge in [0, 0.05) is 30.0 Å². The number of benzene rings is 2. The lowest BCUT2D eigenvalue weighted by Gasteiger charge is -2.24. The molecule has 1 spiro atoms. The third-order valence-electron chi connectivity index (χ3n) is 5.55. The molecule has 0 saturated carbocycles. The molecule has 140 valence electrons. The number of anilines is 1. The SMILES string of the molecule is CCOCCN1C(=O)C2(COc3cc4c(cc32)OCOC4)c2ccccc21. The predicted molar refractivity (Wildman–Crippen MR) is 98.3 cm³/mol. The molecular weight excluding hydrogens is 346 g/mol.